The molecular weight excluding hydrogens is 370 g/mol. The molecule has 1 N–H and O–H groups in total. The van der Waals surface area contributed by atoms with Gasteiger partial charge in [-0.25, -0.2) is 0 Å². The van der Waals surface area contributed by atoms with Crippen LogP contribution in [0.15, 0.2) is 78.0 Å². The first-order chi connectivity index (χ1) is 13.6. The van der Waals surface area contributed by atoms with Gasteiger partial charge in [-0.05, 0) is 35.4 Å². The fraction of sp³-hybridized carbons (Fsp3) is 0.136. The van der Waals surface area contributed by atoms with Crippen molar-refractivity contribution in [3.63, 3.8) is 0 Å². The molecule has 28 heavy (non-hydrogen) atoms. The Labute approximate surface area is 167 Å². The maximum absolute atomic E-state index is 11.3. The van der Waals surface area contributed by atoms with Gasteiger partial charge in [0.2, 0.25) is 0 Å². The molecule has 1 heterocycles. The average molecular weight is 389 g/mol. The largest absolute Gasteiger partial charge is 0.480 e. The van der Waals surface area contributed by atoms with E-state index < -0.39 is 11.2 Å². The number of hydrogen-bond acceptors (Lipinski definition) is 4. The topological polar surface area (TPSA) is 68.0 Å². The van der Waals surface area contributed by atoms with Crippen molar-refractivity contribution < 1.29 is 9.90 Å². The van der Waals surface area contributed by atoms with E-state index >= 15 is 0 Å². The van der Waals surface area contributed by atoms with Crippen molar-refractivity contribution in [1.29, 1.82) is 0 Å². The first kappa shape index (κ1) is 18.3. The molecule has 0 saturated carbocycles. The van der Waals surface area contributed by atoms with Crippen molar-refractivity contribution in [2.45, 2.75) is 23.8 Å². The van der Waals surface area contributed by atoms with Crippen LogP contribution in [0.5, 0.6) is 0 Å². The maximum atomic E-state index is 11.3. The number of fused-ring (bicyclic) bond motifs is 1. The number of nitrogens with zero attached hydrogens (tertiary/aromatic N) is 3. The van der Waals surface area contributed by atoms with Gasteiger partial charge >= 0.3 is 5.97 Å². The van der Waals surface area contributed by atoms with Gasteiger partial charge in [0.15, 0.2) is 5.16 Å². The van der Waals surface area contributed by atoms with Gasteiger partial charge in [0.25, 0.3) is 0 Å². The molecular formula is C22H19N3O2S. The molecule has 1 aromatic heterocycles. The standard InChI is InChI=1S/C22H19N3O2S/c1-15(21(26)27)28-22-24-23-20(25(22)18-11-3-2-4-12-18)14-17-10-7-9-16-8-5-6-13-19(16)17/h2-13,15H,14H2,1H3,(H,26,27)/t15-/m1/s1. The van der Waals surface area contributed by atoms with E-state index in [1.807, 2.05) is 53.1 Å². The lowest BCUT2D eigenvalue weighted by Gasteiger charge is -2.12. The number of benzene rings is 3. The molecule has 0 aliphatic carbocycles. The Kier molecular flexibility index (Phi) is 5.12. The Morgan fingerprint density at radius 2 is 1.71 bits per heavy atom. The summed E-state index contributed by atoms with van der Waals surface area (Å²) in [6, 6.07) is 24.3. The summed E-state index contributed by atoms with van der Waals surface area (Å²) in [5, 5.41) is 20.3. The smallest absolute Gasteiger partial charge is 0.316 e. The highest BCUT2D eigenvalue weighted by Gasteiger charge is 2.21. The van der Waals surface area contributed by atoms with E-state index in [2.05, 4.69) is 34.5 Å². The lowest BCUT2D eigenvalue weighted by molar-refractivity contribution is -0.136. The molecule has 0 radical (unpaired) electrons. The van der Waals surface area contributed by atoms with Gasteiger partial charge in [0.1, 0.15) is 11.1 Å². The molecule has 4 rings (SSSR count). The molecule has 4 aromatic rings. The van der Waals surface area contributed by atoms with Gasteiger partial charge in [-0.3, -0.25) is 9.36 Å². The van der Waals surface area contributed by atoms with Crippen molar-refractivity contribution in [3.05, 3.63) is 84.2 Å². The number of thioether (sulfide) groups is 1. The van der Waals surface area contributed by atoms with Gasteiger partial charge in [-0.15, -0.1) is 10.2 Å². The van der Waals surface area contributed by atoms with Gasteiger partial charge < -0.3 is 5.11 Å². The summed E-state index contributed by atoms with van der Waals surface area (Å²) in [6.45, 7) is 1.65. The van der Waals surface area contributed by atoms with Crippen molar-refractivity contribution in [3.8, 4) is 5.69 Å². The minimum Gasteiger partial charge on any atom is -0.480 e. The Bertz CT molecular complexity index is 1120. The Hall–Kier alpha value is -3.12. The molecule has 5 nitrogen and oxygen atoms in total. The van der Waals surface area contributed by atoms with Crippen LogP contribution in [0.25, 0.3) is 16.5 Å². The number of aromatic nitrogens is 3. The lowest BCUT2D eigenvalue weighted by atomic mass is 10.0. The van der Waals surface area contributed by atoms with E-state index in [9.17, 15) is 9.90 Å². The minimum absolute atomic E-state index is 0.580. The fourth-order valence-electron chi connectivity index (χ4n) is 3.15. The van der Waals surface area contributed by atoms with Crippen molar-refractivity contribution in [1.82, 2.24) is 14.8 Å². The van der Waals surface area contributed by atoms with Crippen LogP contribution in [0.1, 0.15) is 18.3 Å². The summed E-state index contributed by atoms with van der Waals surface area (Å²) >= 11 is 1.20. The van der Waals surface area contributed by atoms with Crippen LogP contribution in [0, 0.1) is 0 Å². The molecule has 0 aliphatic rings. The van der Waals surface area contributed by atoms with Crippen LogP contribution in [0.3, 0.4) is 0 Å². The van der Waals surface area contributed by atoms with Crippen LogP contribution in [-0.2, 0) is 11.2 Å². The van der Waals surface area contributed by atoms with E-state index in [0.717, 1.165) is 17.1 Å². The van der Waals surface area contributed by atoms with Crippen molar-refractivity contribution >= 4 is 28.5 Å². The second-order valence-corrected chi connectivity index (χ2v) is 7.79. The first-order valence-electron chi connectivity index (χ1n) is 8.99. The summed E-state index contributed by atoms with van der Waals surface area (Å²) in [4.78, 5) is 11.3. The number of carbonyl (C=O) groups is 1. The second-order valence-electron chi connectivity index (χ2n) is 6.48. The molecule has 0 saturated heterocycles. The molecule has 0 unspecified atom stereocenters. The van der Waals surface area contributed by atoms with E-state index in [0.29, 0.717) is 11.6 Å². The summed E-state index contributed by atoms with van der Waals surface area (Å²) in [5.41, 5.74) is 2.08. The molecule has 6 heteroatoms. The van der Waals surface area contributed by atoms with Crippen molar-refractivity contribution in [2.24, 2.45) is 0 Å². The van der Waals surface area contributed by atoms with E-state index in [1.165, 1.54) is 22.5 Å². The Morgan fingerprint density at radius 3 is 2.50 bits per heavy atom. The lowest BCUT2D eigenvalue weighted by Crippen LogP contribution is -2.13. The highest BCUT2D eigenvalue weighted by atomic mass is 32.2. The van der Waals surface area contributed by atoms with Crippen molar-refractivity contribution in [2.75, 3.05) is 0 Å². The maximum Gasteiger partial charge on any atom is 0.316 e. The third kappa shape index (κ3) is 3.64. The number of para-hydroxylation sites is 1. The summed E-state index contributed by atoms with van der Waals surface area (Å²) < 4.78 is 1.95. The number of rotatable bonds is 6. The molecule has 0 aliphatic heterocycles. The third-order valence-electron chi connectivity index (χ3n) is 4.57. The van der Waals surface area contributed by atoms with E-state index in [4.69, 9.17) is 0 Å². The number of carboxylic acid groups (broad SMARTS) is 1. The monoisotopic (exact) mass is 389 g/mol. The number of hydrogen-bond donors (Lipinski definition) is 1. The van der Waals surface area contributed by atoms with Crippen LogP contribution in [0.2, 0.25) is 0 Å². The van der Waals surface area contributed by atoms with Crippen LogP contribution >= 0.6 is 11.8 Å². The zero-order chi connectivity index (χ0) is 19.5. The molecule has 140 valence electrons. The molecule has 0 fully saturated rings. The van der Waals surface area contributed by atoms with Gasteiger partial charge in [-0.2, -0.15) is 0 Å². The summed E-state index contributed by atoms with van der Waals surface area (Å²) in [7, 11) is 0. The minimum atomic E-state index is -0.872. The quantitative estimate of drug-likeness (QED) is 0.489. The molecule has 3 aromatic carbocycles. The summed E-state index contributed by atoms with van der Waals surface area (Å²) in [5.74, 6) is -0.0918. The Balaban J connectivity index is 1.78. The fourth-order valence-corrected chi connectivity index (χ4v) is 3.97. The normalized spacial score (nSPS) is 12.2. The van der Waals surface area contributed by atoms with Crippen LogP contribution < -0.4 is 0 Å². The highest BCUT2D eigenvalue weighted by molar-refractivity contribution is 8.00. The Morgan fingerprint density at radius 1 is 1.00 bits per heavy atom. The van der Waals surface area contributed by atoms with Gasteiger partial charge in [-0.1, -0.05) is 72.4 Å². The zero-order valence-corrected chi connectivity index (χ0v) is 16.1. The van der Waals surface area contributed by atoms with E-state index in [1.54, 1.807) is 6.92 Å². The molecule has 0 spiro atoms. The summed E-state index contributed by atoms with van der Waals surface area (Å²) in [6.07, 6.45) is 0.602. The SMILES string of the molecule is C[C@@H](Sc1nnc(Cc2cccc3ccccc23)n1-c1ccccc1)C(=O)O. The third-order valence-corrected chi connectivity index (χ3v) is 5.60. The van der Waals surface area contributed by atoms with Crippen LogP contribution in [-0.4, -0.2) is 31.1 Å². The molecule has 0 bridgehead atoms. The predicted octanol–water partition coefficient (Wildman–Crippen LogP) is 4.58. The van der Waals surface area contributed by atoms with Gasteiger partial charge in [0, 0.05) is 12.1 Å². The number of aliphatic carboxylic acids is 1. The van der Waals surface area contributed by atoms with E-state index in [-0.39, 0.29) is 0 Å². The molecule has 0 amide bonds. The average Bonchev–Trinajstić information content (AvgIpc) is 3.11. The first-order valence-corrected chi connectivity index (χ1v) is 9.87. The van der Waals surface area contributed by atoms with Crippen LogP contribution in [0.4, 0.5) is 0 Å². The predicted molar refractivity (Wildman–Crippen MR) is 111 cm³/mol. The zero-order valence-electron chi connectivity index (χ0n) is 15.3. The highest BCUT2D eigenvalue weighted by Crippen LogP contribution is 2.28. The van der Waals surface area contributed by atoms with Gasteiger partial charge in [0.05, 0.1) is 0 Å². The molecule has 1 atom stereocenters. The second kappa shape index (κ2) is 7.86. The number of carboxylic acids is 1.